The average molecular weight is 406 g/mol. The lowest BCUT2D eigenvalue weighted by atomic mass is 10.2. The van der Waals surface area contributed by atoms with Crippen LogP contribution in [-0.4, -0.2) is 40.5 Å². The summed E-state index contributed by atoms with van der Waals surface area (Å²) in [5, 5.41) is 5.77. The predicted octanol–water partition coefficient (Wildman–Crippen LogP) is 1.58. The van der Waals surface area contributed by atoms with E-state index in [0.717, 1.165) is 17.3 Å². The topological polar surface area (TPSA) is 123 Å². The standard InChI is InChI=1S/C18H22N4O5S/c1-11-6-4-5-7-14(11)26-9-16(23)20-21-17(24)10-28-13(3)18(25)19-15-8-12(2)27-22-15/h4-8,13H,9-10H2,1-3H3,(H,20,23)(H,21,24)(H,19,22,25)/t13-/m0/s1. The first-order valence-corrected chi connectivity index (χ1v) is 9.52. The number of nitrogens with one attached hydrogen (secondary N) is 3. The highest BCUT2D eigenvalue weighted by Crippen LogP contribution is 2.16. The van der Waals surface area contributed by atoms with Crippen molar-refractivity contribution in [1.82, 2.24) is 16.0 Å². The van der Waals surface area contributed by atoms with E-state index in [2.05, 4.69) is 21.3 Å². The van der Waals surface area contributed by atoms with Crippen molar-refractivity contribution in [3.63, 3.8) is 0 Å². The van der Waals surface area contributed by atoms with Gasteiger partial charge in [0, 0.05) is 6.07 Å². The minimum absolute atomic E-state index is 0.00857. The molecule has 10 heteroatoms. The van der Waals surface area contributed by atoms with Gasteiger partial charge < -0.3 is 14.6 Å². The number of ether oxygens (including phenoxy) is 1. The molecule has 0 radical (unpaired) electrons. The Hall–Kier alpha value is -3.01. The van der Waals surface area contributed by atoms with Gasteiger partial charge in [-0.1, -0.05) is 23.4 Å². The largest absolute Gasteiger partial charge is 0.483 e. The first-order valence-electron chi connectivity index (χ1n) is 8.47. The van der Waals surface area contributed by atoms with Crippen molar-refractivity contribution in [3.8, 4) is 5.75 Å². The van der Waals surface area contributed by atoms with Crippen LogP contribution in [0.15, 0.2) is 34.9 Å². The maximum atomic E-state index is 12.0. The van der Waals surface area contributed by atoms with Gasteiger partial charge in [0.1, 0.15) is 11.5 Å². The number of thioether (sulfide) groups is 1. The summed E-state index contributed by atoms with van der Waals surface area (Å²) in [5.74, 6) is 0.256. The highest BCUT2D eigenvalue weighted by molar-refractivity contribution is 8.01. The molecule has 3 N–H and O–H groups in total. The Labute approximate surface area is 166 Å². The summed E-state index contributed by atoms with van der Waals surface area (Å²) >= 11 is 1.12. The number of nitrogens with zero attached hydrogens (tertiary/aromatic N) is 1. The highest BCUT2D eigenvalue weighted by Gasteiger charge is 2.17. The first-order chi connectivity index (χ1) is 13.3. The van der Waals surface area contributed by atoms with E-state index < -0.39 is 17.1 Å². The van der Waals surface area contributed by atoms with Crippen molar-refractivity contribution in [3.05, 3.63) is 41.7 Å². The monoisotopic (exact) mass is 406 g/mol. The molecule has 0 fully saturated rings. The molecule has 0 spiro atoms. The van der Waals surface area contributed by atoms with Gasteiger partial charge >= 0.3 is 0 Å². The molecule has 2 aromatic rings. The van der Waals surface area contributed by atoms with Gasteiger partial charge in [0.15, 0.2) is 12.4 Å². The van der Waals surface area contributed by atoms with Crippen LogP contribution in [0.1, 0.15) is 18.2 Å². The molecule has 28 heavy (non-hydrogen) atoms. The third-order valence-electron chi connectivity index (χ3n) is 3.51. The molecule has 1 atom stereocenters. The molecule has 0 bridgehead atoms. The zero-order valence-electron chi connectivity index (χ0n) is 15.8. The Kier molecular flexibility index (Phi) is 7.88. The van der Waals surface area contributed by atoms with E-state index in [1.807, 2.05) is 19.1 Å². The summed E-state index contributed by atoms with van der Waals surface area (Å²) in [6.07, 6.45) is 0. The maximum Gasteiger partial charge on any atom is 0.276 e. The molecule has 1 heterocycles. The molecular formula is C18H22N4O5S. The number of hydrogen-bond donors (Lipinski definition) is 3. The van der Waals surface area contributed by atoms with Gasteiger partial charge in [0.2, 0.25) is 11.8 Å². The van der Waals surface area contributed by atoms with Crippen molar-refractivity contribution >= 4 is 35.3 Å². The first kappa shape index (κ1) is 21.3. The number of carbonyl (C=O) groups excluding carboxylic acids is 3. The Morgan fingerprint density at radius 3 is 2.57 bits per heavy atom. The van der Waals surface area contributed by atoms with Crippen LogP contribution < -0.4 is 20.9 Å². The minimum atomic E-state index is -0.497. The van der Waals surface area contributed by atoms with Gasteiger partial charge in [-0.2, -0.15) is 0 Å². The van der Waals surface area contributed by atoms with Gasteiger partial charge in [0.25, 0.3) is 5.91 Å². The Bertz CT molecular complexity index is 839. The molecule has 1 aromatic carbocycles. The number of aromatic nitrogens is 1. The third kappa shape index (κ3) is 6.95. The second kappa shape index (κ2) is 10.4. The van der Waals surface area contributed by atoms with E-state index >= 15 is 0 Å². The van der Waals surface area contributed by atoms with Crippen molar-refractivity contribution in [2.75, 3.05) is 17.7 Å². The van der Waals surface area contributed by atoms with Gasteiger partial charge in [-0.3, -0.25) is 25.2 Å². The van der Waals surface area contributed by atoms with E-state index in [1.54, 1.807) is 32.0 Å². The van der Waals surface area contributed by atoms with Crippen molar-refractivity contribution < 1.29 is 23.6 Å². The van der Waals surface area contributed by atoms with Crippen LogP contribution >= 0.6 is 11.8 Å². The fourth-order valence-corrected chi connectivity index (χ4v) is 2.69. The number of aryl methyl sites for hydroxylation is 2. The molecule has 1 aromatic heterocycles. The Morgan fingerprint density at radius 2 is 1.89 bits per heavy atom. The zero-order valence-corrected chi connectivity index (χ0v) is 16.6. The lowest BCUT2D eigenvalue weighted by Crippen LogP contribution is -2.44. The Balaban J connectivity index is 1.64. The number of rotatable bonds is 8. The smallest absolute Gasteiger partial charge is 0.276 e. The second-order valence-corrected chi connectivity index (χ2v) is 7.24. The number of para-hydroxylation sites is 1. The van der Waals surface area contributed by atoms with E-state index in [0.29, 0.717) is 17.3 Å². The quantitative estimate of drug-likeness (QED) is 0.569. The van der Waals surface area contributed by atoms with E-state index in [-0.39, 0.29) is 18.3 Å². The van der Waals surface area contributed by atoms with Crippen LogP contribution in [0.3, 0.4) is 0 Å². The van der Waals surface area contributed by atoms with Gasteiger partial charge in [-0.05, 0) is 32.4 Å². The second-order valence-electron chi connectivity index (χ2n) is 5.92. The van der Waals surface area contributed by atoms with E-state index in [4.69, 9.17) is 9.26 Å². The van der Waals surface area contributed by atoms with Crippen LogP contribution in [0.25, 0.3) is 0 Å². The summed E-state index contributed by atoms with van der Waals surface area (Å²) < 4.78 is 10.2. The van der Waals surface area contributed by atoms with Crippen LogP contribution in [0, 0.1) is 13.8 Å². The lowest BCUT2D eigenvalue weighted by Gasteiger charge is -2.12. The molecule has 3 amide bonds. The summed E-state index contributed by atoms with van der Waals surface area (Å²) in [6, 6.07) is 8.89. The minimum Gasteiger partial charge on any atom is -0.483 e. The summed E-state index contributed by atoms with van der Waals surface area (Å²) in [6.45, 7) is 5.02. The lowest BCUT2D eigenvalue weighted by molar-refractivity contribution is -0.128. The van der Waals surface area contributed by atoms with Crippen molar-refractivity contribution in [2.24, 2.45) is 0 Å². The summed E-state index contributed by atoms with van der Waals surface area (Å²) in [5.41, 5.74) is 5.46. The van der Waals surface area contributed by atoms with Gasteiger partial charge in [-0.15, -0.1) is 11.8 Å². The molecule has 0 aliphatic carbocycles. The molecule has 150 valence electrons. The maximum absolute atomic E-state index is 12.0. The van der Waals surface area contributed by atoms with Crippen LogP contribution in [-0.2, 0) is 14.4 Å². The SMILES string of the molecule is Cc1cc(NC(=O)[C@H](C)SCC(=O)NNC(=O)COc2ccccc2C)no1. The summed E-state index contributed by atoms with van der Waals surface area (Å²) in [7, 11) is 0. The summed E-state index contributed by atoms with van der Waals surface area (Å²) in [4.78, 5) is 35.6. The molecule has 0 saturated carbocycles. The Morgan fingerprint density at radius 1 is 1.18 bits per heavy atom. The fraction of sp³-hybridized carbons (Fsp3) is 0.333. The molecular weight excluding hydrogens is 384 g/mol. The molecule has 9 nitrogen and oxygen atoms in total. The molecule has 0 aliphatic rings. The predicted molar refractivity (Wildman–Crippen MR) is 105 cm³/mol. The van der Waals surface area contributed by atoms with Crippen LogP contribution in [0.4, 0.5) is 5.82 Å². The number of carbonyl (C=O) groups is 3. The van der Waals surface area contributed by atoms with Gasteiger partial charge in [0.05, 0.1) is 11.0 Å². The fourth-order valence-electron chi connectivity index (χ4n) is 2.00. The number of amides is 3. The molecule has 2 rings (SSSR count). The molecule has 0 unspecified atom stereocenters. The third-order valence-corrected chi connectivity index (χ3v) is 4.65. The molecule has 0 saturated heterocycles. The number of hydrogen-bond acceptors (Lipinski definition) is 7. The van der Waals surface area contributed by atoms with E-state index in [9.17, 15) is 14.4 Å². The normalized spacial score (nSPS) is 11.4. The number of anilines is 1. The van der Waals surface area contributed by atoms with Crippen LogP contribution in [0.5, 0.6) is 5.75 Å². The molecule has 0 aliphatic heterocycles. The van der Waals surface area contributed by atoms with Crippen LogP contribution in [0.2, 0.25) is 0 Å². The van der Waals surface area contributed by atoms with E-state index in [1.165, 1.54) is 0 Å². The van der Waals surface area contributed by atoms with Gasteiger partial charge in [-0.25, -0.2) is 0 Å². The van der Waals surface area contributed by atoms with Crippen molar-refractivity contribution in [1.29, 1.82) is 0 Å². The highest BCUT2D eigenvalue weighted by atomic mass is 32.2. The number of benzene rings is 1. The number of hydrazine groups is 1. The van der Waals surface area contributed by atoms with Crippen molar-refractivity contribution in [2.45, 2.75) is 26.0 Å². The zero-order chi connectivity index (χ0) is 20.5. The average Bonchev–Trinajstić information content (AvgIpc) is 3.08.